The van der Waals surface area contributed by atoms with E-state index >= 15 is 0 Å². The number of para-hydroxylation sites is 1. The van der Waals surface area contributed by atoms with Crippen molar-refractivity contribution < 1.29 is 23.5 Å². The van der Waals surface area contributed by atoms with Crippen LogP contribution in [0.4, 0.5) is 8.78 Å². The summed E-state index contributed by atoms with van der Waals surface area (Å²) in [6.45, 7) is 1.35. The van der Waals surface area contributed by atoms with Crippen molar-refractivity contribution in [3.63, 3.8) is 0 Å². The molecule has 5 aromatic rings. The zero-order valence-electron chi connectivity index (χ0n) is 20.5. The molecular weight excluding hydrogens is 492 g/mol. The highest BCUT2D eigenvalue weighted by Gasteiger charge is 2.17. The van der Waals surface area contributed by atoms with Crippen LogP contribution < -0.4 is 10.9 Å². The van der Waals surface area contributed by atoms with Gasteiger partial charge in [-0.2, -0.15) is 0 Å². The van der Waals surface area contributed by atoms with Crippen LogP contribution in [0.25, 0.3) is 32.9 Å². The summed E-state index contributed by atoms with van der Waals surface area (Å²) in [6, 6.07) is 20.9. The van der Waals surface area contributed by atoms with E-state index in [0.717, 1.165) is 51.1 Å². The second-order valence-corrected chi connectivity index (χ2v) is 8.48. The lowest BCUT2D eigenvalue weighted by molar-refractivity contribution is -0.135. The smallest absolute Gasteiger partial charge is 0.322 e. The summed E-state index contributed by atoms with van der Waals surface area (Å²) >= 11 is 0. The second kappa shape index (κ2) is 11.0. The molecule has 0 radical (unpaired) electrons. The van der Waals surface area contributed by atoms with Crippen LogP contribution in [0.2, 0.25) is 0 Å². The molecule has 0 saturated carbocycles. The van der Waals surface area contributed by atoms with Crippen LogP contribution in [-0.4, -0.2) is 33.1 Å². The Hall–Kier alpha value is -4.92. The van der Waals surface area contributed by atoms with E-state index in [2.05, 4.69) is 4.98 Å². The van der Waals surface area contributed by atoms with Crippen LogP contribution in [0, 0.1) is 18.6 Å². The first kappa shape index (κ1) is 26.2. The zero-order chi connectivity index (χ0) is 27.4. The number of aryl methyl sites for hydroxylation is 2. The quantitative estimate of drug-likeness (QED) is 0.357. The van der Waals surface area contributed by atoms with Crippen molar-refractivity contribution in [3.8, 4) is 11.1 Å². The van der Waals surface area contributed by atoms with E-state index in [0.29, 0.717) is 5.56 Å². The number of hydrogen-bond donors (Lipinski definition) is 2. The number of nitrogens with zero attached hydrogens (tertiary/aromatic N) is 2. The van der Waals surface area contributed by atoms with E-state index in [4.69, 9.17) is 5.11 Å². The molecule has 0 unspecified atom stereocenters. The Morgan fingerprint density at radius 3 is 2.37 bits per heavy atom. The molecule has 9 heteroatoms. The minimum Gasteiger partial charge on any atom is -0.480 e. The number of amides is 1. The molecule has 7 nitrogen and oxygen atoms in total. The summed E-state index contributed by atoms with van der Waals surface area (Å²) in [5.74, 6) is -4.44. The molecule has 2 N–H and O–H groups in total. The van der Waals surface area contributed by atoms with Gasteiger partial charge in [0, 0.05) is 24.2 Å². The minimum atomic E-state index is -1.29. The molecule has 2 heterocycles. The lowest BCUT2D eigenvalue weighted by Gasteiger charge is -2.11. The first-order valence-electron chi connectivity index (χ1n) is 11.6. The van der Waals surface area contributed by atoms with Crippen molar-refractivity contribution in [1.82, 2.24) is 14.9 Å². The molecule has 0 bridgehead atoms. The molecule has 0 spiro atoms. The maximum Gasteiger partial charge on any atom is 0.322 e. The van der Waals surface area contributed by atoms with Crippen LogP contribution in [-0.2, 0) is 11.8 Å². The first-order chi connectivity index (χ1) is 18.2. The third-order valence-electron chi connectivity index (χ3n) is 5.98. The standard InChI is InChI=1S/C20H16N2O.C9H7F2NO3/c1-13-9-10-15(16-7-5-11-21-19(13)16)17-12-14-6-3-4-8-18(14)22(2)20(17)23;10-5-2-1-3-6(11)8(5)9(15)12-4-7(13)14/h3-12H,1-2H3;1-3H,4H2,(H,12,15)(H,13,14). The lowest BCUT2D eigenvalue weighted by Crippen LogP contribution is -2.30. The third-order valence-corrected chi connectivity index (χ3v) is 5.98. The molecule has 3 aromatic carbocycles. The largest absolute Gasteiger partial charge is 0.480 e. The molecule has 5 rings (SSSR count). The van der Waals surface area contributed by atoms with E-state index in [1.165, 1.54) is 0 Å². The fraction of sp³-hybridized carbons (Fsp3) is 0.103. The maximum absolute atomic E-state index is 13.0. The summed E-state index contributed by atoms with van der Waals surface area (Å²) in [6.07, 6.45) is 1.79. The third kappa shape index (κ3) is 5.27. The first-order valence-corrected chi connectivity index (χ1v) is 11.6. The number of aliphatic carboxylic acids is 1. The SMILES string of the molecule is Cc1ccc(-c2cc3ccccc3n(C)c2=O)c2cccnc12.O=C(O)CNC(=O)c1c(F)cccc1F. The summed E-state index contributed by atoms with van der Waals surface area (Å²) in [5.41, 5.74) is 3.88. The summed E-state index contributed by atoms with van der Waals surface area (Å²) in [7, 11) is 1.82. The molecular formula is C29H23F2N3O4. The molecule has 0 aliphatic carbocycles. The number of nitrogens with one attached hydrogen (secondary N) is 1. The minimum absolute atomic E-state index is 0.0118. The number of benzene rings is 3. The molecule has 1 amide bonds. The Morgan fingerprint density at radius 1 is 0.947 bits per heavy atom. The highest BCUT2D eigenvalue weighted by atomic mass is 19.1. The molecule has 192 valence electrons. The number of pyridine rings is 2. The molecule has 0 aliphatic heterocycles. The van der Waals surface area contributed by atoms with Gasteiger partial charge in [-0.3, -0.25) is 19.4 Å². The summed E-state index contributed by atoms with van der Waals surface area (Å²) < 4.78 is 27.7. The van der Waals surface area contributed by atoms with E-state index in [1.54, 1.807) is 10.8 Å². The van der Waals surface area contributed by atoms with Gasteiger partial charge in [-0.25, -0.2) is 8.78 Å². The Balaban J connectivity index is 0.000000196. The van der Waals surface area contributed by atoms with Crippen molar-refractivity contribution in [1.29, 1.82) is 0 Å². The van der Waals surface area contributed by atoms with Gasteiger partial charge in [0.1, 0.15) is 23.7 Å². The van der Waals surface area contributed by atoms with E-state index in [-0.39, 0.29) is 5.56 Å². The van der Waals surface area contributed by atoms with Gasteiger partial charge in [-0.05, 0) is 53.8 Å². The van der Waals surface area contributed by atoms with Crippen molar-refractivity contribution in [2.24, 2.45) is 7.05 Å². The van der Waals surface area contributed by atoms with Gasteiger partial charge in [0.15, 0.2) is 0 Å². The van der Waals surface area contributed by atoms with Crippen molar-refractivity contribution >= 4 is 33.7 Å². The summed E-state index contributed by atoms with van der Waals surface area (Å²) in [4.78, 5) is 38.6. The molecule has 0 aliphatic rings. The molecule has 0 fully saturated rings. The van der Waals surface area contributed by atoms with Gasteiger partial charge in [0.25, 0.3) is 11.5 Å². The van der Waals surface area contributed by atoms with Crippen LogP contribution in [0.3, 0.4) is 0 Å². The monoisotopic (exact) mass is 515 g/mol. The molecule has 2 aromatic heterocycles. The molecule has 0 saturated heterocycles. The van der Waals surface area contributed by atoms with Crippen LogP contribution in [0.1, 0.15) is 15.9 Å². The Morgan fingerprint density at radius 2 is 1.66 bits per heavy atom. The highest BCUT2D eigenvalue weighted by molar-refractivity contribution is 5.98. The Bertz CT molecular complexity index is 1730. The lowest BCUT2D eigenvalue weighted by atomic mass is 9.98. The van der Waals surface area contributed by atoms with E-state index in [9.17, 15) is 23.2 Å². The topological polar surface area (TPSA) is 101 Å². The van der Waals surface area contributed by atoms with Crippen molar-refractivity contribution in [2.75, 3.05) is 6.54 Å². The number of fused-ring (bicyclic) bond motifs is 2. The number of carbonyl (C=O) groups excluding carboxylic acids is 1. The highest BCUT2D eigenvalue weighted by Crippen LogP contribution is 2.29. The number of halogens is 2. The number of carboxylic acids is 1. The van der Waals surface area contributed by atoms with Crippen molar-refractivity contribution in [2.45, 2.75) is 6.92 Å². The van der Waals surface area contributed by atoms with Gasteiger partial charge < -0.3 is 15.0 Å². The predicted molar refractivity (Wildman–Crippen MR) is 141 cm³/mol. The average Bonchev–Trinajstić information content (AvgIpc) is 2.90. The van der Waals surface area contributed by atoms with Gasteiger partial charge in [-0.15, -0.1) is 0 Å². The molecule has 0 atom stereocenters. The second-order valence-electron chi connectivity index (χ2n) is 8.48. The summed E-state index contributed by atoms with van der Waals surface area (Å²) in [5, 5.41) is 12.2. The fourth-order valence-corrected chi connectivity index (χ4v) is 4.12. The number of rotatable bonds is 4. The van der Waals surface area contributed by atoms with Crippen molar-refractivity contribution in [3.05, 3.63) is 112 Å². The van der Waals surface area contributed by atoms with Crippen LogP contribution in [0.15, 0.2) is 83.8 Å². The van der Waals surface area contributed by atoms with Crippen LogP contribution >= 0.6 is 0 Å². The maximum atomic E-state index is 13.0. The van der Waals surface area contributed by atoms with Gasteiger partial charge in [0.2, 0.25) is 0 Å². The number of hydrogen-bond acceptors (Lipinski definition) is 4. The van der Waals surface area contributed by atoms with E-state index < -0.39 is 35.6 Å². The van der Waals surface area contributed by atoms with Gasteiger partial charge in [-0.1, -0.05) is 42.5 Å². The number of carbonyl (C=O) groups is 2. The fourth-order valence-electron chi connectivity index (χ4n) is 4.12. The molecule has 38 heavy (non-hydrogen) atoms. The van der Waals surface area contributed by atoms with Gasteiger partial charge >= 0.3 is 5.97 Å². The Labute approximate surface area is 216 Å². The predicted octanol–water partition coefficient (Wildman–Crippen LogP) is 4.84. The number of carboxylic acid groups (broad SMARTS) is 1. The number of aromatic nitrogens is 2. The Kier molecular flexibility index (Phi) is 7.57. The van der Waals surface area contributed by atoms with E-state index in [1.807, 2.05) is 73.9 Å². The van der Waals surface area contributed by atoms with Crippen LogP contribution in [0.5, 0.6) is 0 Å². The average molecular weight is 516 g/mol. The normalized spacial score (nSPS) is 10.6. The van der Waals surface area contributed by atoms with Gasteiger partial charge in [0.05, 0.1) is 11.0 Å². The zero-order valence-corrected chi connectivity index (χ0v) is 20.5.